The van der Waals surface area contributed by atoms with E-state index in [9.17, 15) is 14.0 Å². The Morgan fingerprint density at radius 1 is 1.03 bits per heavy atom. The van der Waals surface area contributed by atoms with E-state index in [1.807, 2.05) is 37.3 Å². The van der Waals surface area contributed by atoms with Crippen molar-refractivity contribution in [2.75, 3.05) is 0 Å². The van der Waals surface area contributed by atoms with Gasteiger partial charge in [0.25, 0.3) is 11.1 Å². The van der Waals surface area contributed by atoms with Crippen molar-refractivity contribution in [2.45, 2.75) is 20.1 Å². The van der Waals surface area contributed by atoms with Crippen molar-refractivity contribution in [3.63, 3.8) is 0 Å². The summed E-state index contributed by atoms with van der Waals surface area (Å²) in [5.74, 6) is -0.0774. The highest BCUT2D eigenvalue weighted by atomic mass is 127. The highest BCUT2D eigenvalue weighted by molar-refractivity contribution is 14.1. The third kappa shape index (κ3) is 5.78. The number of imide groups is 1. The van der Waals surface area contributed by atoms with E-state index in [-0.39, 0.29) is 6.54 Å². The maximum absolute atomic E-state index is 14.0. The van der Waals surface area contributed by atoms with Crippen molar-refractivity contribution in [3.05, 3.63) is 101 Å². The molecule has 1 aliphatic heterocycles. The smallest absolute Gasteiger partial charge is 0.293 e. The number of hydrogen-bond donors (Lipinski definition) is 0. The molecular formula is C25H18FI2NO3S. The van der Waals surface area contributed by atoms with Gasteiger partial charge in [0.2, 0.25) is 0 Å². The van der Waals surface area contributed by atoms with Crippen molar-refractivity contribution in [1.82, 2.24) is 4.90 Å². The van der Waals surface area contributed by atoms with E-state index in [2.05, 4.69) is 51.2 Å². The number of amides is 2. The van der Waals surface area contributed by atoms with Crippen LogP contribution >= 0.6 is 56.9 Å². The number of hydrogen-bond acceptors (Lipinski definition) is 4. The average molecular weight is 685 g/mol. The zero-order valence-corrected chi connectivity index (χ0v) is 22.6. The summed E-state index contributed by atoms with van der Waals surface area (Å²) < 4.78 is 21.8. The van der Waals surface area contributed by atoms with Crippen molar-refractivity contribution in [3.8, 4) is 5.75 Å². The van der Waals surface area contributed by atoms with Gasteiger partial charge in [-0.25, -0.2) is 4.39 Å². The highest BCUT2D eigenvalue weighted by Gasteiger charge is 2.35. The van der Waals surface area contributed by atoms with Gasteiger partial charge in [-0.3, -0.25) is 14.5 Å². The normalized spacial score (nSPS) is 14.9. The predicted molar refractivity (Wildman–Crippen MR) is 145 cm³/mol. The fraction of sp³-hybridized carbons (Fsp3) is 0.120. The Labute approximate surface area is 222 Å². The van der Waals surface area contributed by atoms with Gasteiger partial charge in [0.15, 0.2) is 0 Å². The first-order valence-corrected chi connectivity index (χ1v) is 13.0. The fourth-order valence-corrected chi connectivity index (χ4v) is 6.31. The van der Waals surface area contributed by atoms with Crippen LogP contribution in [0.5, 0.6) is 5.75 Å². The van der Waals surface area contributed by atoms with Crippen LogP contribution in [0.2, 0.25) is 0 Å². The van der Waals surface area contributed by atoms with Crippen molar-refractivity contribution in [2.24, 2.45) is 0 Å². The number of thioether (sulfide) groups is 1. The van der Waals surface area contributed by atoms with Crippen LogP contribution in [0.15, 0.2) is 65.6 Å². The minimum atomic E-state index is -0.439. The number of carbonyl (C=O) groups excluding carboxylic acids is 2. The molecule has 168 valence electrons. The van der Waals surface area contributed by atoms with E-state index in [1.165, 1.54) is 11.6 Å². The molecule has 1 heterocycles. The number of benzene rings is 3. The minimum Gasteiger partial charge on any atom is -0.487 e. The molecular weight excluding hydrogens is 667 g/mol. The summed E-state index contributed by atoms with van der Waals surface area (Å²) in [5.41, 5.74) is 3.37. The molecule has 4 nitrogen and oxygen atoms in total. The lowest BCUT2D eigenvalue weighted by Crippen LogP contribution is -2.27. The van der Waals surface area contributed by atoms with Crippen LogP contribution in [0.25, 0.3) is 6.08 Å². The van der Waals surface area contributed by atoms with Gasteiger partial charge in [0.1, 0.15) is 18.2 Å². The summed E-state index contributed by atoms with van der Waals surface area (Å²) in [6.07, 6.45) is 1.70. The van der Waals surface area contributed by atoms with Gasteiger partial charge in [-0.05, 0) is 99.3 Å². The number of halogens is 3. The third-order valence-electron chi connectivity index (χ3n) is 4.94. The topological polar surface area (TPSA) is 46.6 Å². The van der Waals surface area contributed by atoms with Gasteiger partial charge in [-0.1, -0.05) is 48.0 Å². The van der Waals surface area contributed by atoms with Crippen molar-refractivity contribution >= 4 is 74.2 Å². The van der Waals surface area contributed by atoms with Crippen LogP contribution in [-0.2, 0) is 17.9 Å². The van der Waals surface area contributed by atoms with Gasteiger partial charge < -0.3 is 4.74 Å². The van der Waals surface area contributed by atoms with E-state index in [1.54, 1.807) is 24.3 Å². The molecule has 33 heavy (non-hydrogen) atoms. The summed E-state index contributed by atoms with van der Waals surface area (Å²) in [5, 5.41) is -0.406. The number of aryl methyl sites for hydroxylation is 1. The first-order valence-electron chi connectivity index (χ1n) is 9.98. The zero-order valence-electron chi connectivity index (χ0n) is 17.5. The second kappa shape index (κ2) is 10.6. The molecule has 0 spiro atoms. The standard InChI is InChI=1S/C25H18FI2NO3S/c1-15-5-4-6-16(9-15)14-32-23-20(27)10-17(11-21(23)28)12-22-24(30)29(25(31)33-22)13-18-7-2-3-8-19(18)26/h2-12H,13-14H2,1H3/b22-12-. The molecule has 0 aromatic heterocycles. The molecule has 0 saturated carbocycles. The molecule has 0 bridgehead atoms. The first-order chi connectivity index (χ1) is 15.8. The largest absolute Gasteiger partial charge is 0.487 e. The Balaban J connectivity index is 1.51. The Morgan fingerprint density at radius 3 is 2.45 bits per heavy atom. The van der Waals surface area contributed by atoms with Crippen LogP contribution in [0, 0.1) is 19.9 Å². The second-order valence-corrected chi connectivity index (χ2v) is 10.8. The number of carbonyl (C=O) groups is 2. The lowest BCUT2D eigenvalue weighted by molar-refractivity contribution is -0.123. The molecule has 0 N–H and O–H groups in total. The minimum absolute atomic E-state index is 0.0878. The Morgan fingerprint density at radius 2 is 1.76 bits per heavy atom. The monoisotopic (exact) mass is 685 g/mol. The summed E-state index contributed by atoms with van der Waals surface area (Å²) in [7, 11) is 0. The molecule has 1 fully saturated rings. The lowest BCUT2D eigenvalue weighted by Gasteiger charge is -2.13. The van der Waals surface area contributed by atoms with E-state index in [0.29, 0.717) is 17.1 Å². The van der Waals surface area contributed by atoms with Crippen LogP contribution in [-0.4, -0.2) is 16.0 Å². The maximum atomic E-state index is 14.0. The Bertz CT molecular complexity index is 1260. The predicted octanol–water partition coefficient (Wildman–Crippen LogP) is 7.16. The Hall–Kier alpha value is -1.92. The van der Waals surface area contributed by atoms with Gasteiger partial charge in [0.05, 0.1) is 18.6 Å². The lowest BCUT2D eigenvalue weighted by atomic mass is 10.1. The first kappa shape index (κ1) is 24.2. The highest BCUT2D eigenvalue weighted by Crippen LogP contribution is 2.36. The summed E-state index contributed by atoms with van der Waals surface area (Å²) in [6.45, 7) is 2.42. The van der Waals surface area contributed by atoms with Crippen LogP contribution in [0.1, 0.15) is 22.3 Å². The summed E-state index contributed by atoms with van der Waals surface area (Å²) in [6, 6.07) is 18.1. The van der Waals surface area contributed by atoms with Crippen molar-refractivity contribution in [1.29, 1.82) is 0 Å². The Kier molecular flexibility index (Phi) is 7.75. The molecule has 3 aromatic carbocycles. The fourth-order valence-electron chi connectivity index (χ4n) is 3.34. The molecule has 0 atom stereocenters. The molecule has 2 amide bonds. The molecule has 0 radical (unpaired) electrons. The second-order valence-electron chi connectivity index (χ2n) is 7.45. The van der Waals surface area contributed by atoms with Crippen LogP contribution in [0.3, 0.4) is 0 Å². The van der Waals surface area contributed by atoms with Gasteiger partial charge in [0, 0.05) is 5.56 Å². The molecule has 0 aliphatic carbocycles. The average Bonchev–Trinajstić information content (AvgIpc) is 3.02. The number of ether oxygens (including phenoxy) is 1. The quantitative estimate of drug-likeness (QED) is 0.204. The van der Waals surface area contributed by atoms with E-state index < -0.39 is 17.0 Å². The SMILES string of the molecule is Cc1cccc(COc2c(I)cc(/C=C3\SC(=O)N(Cc4ccccc4F)C3=O)cc2I)c1. The van der Waals surface area contributed by atoms with Crippen LogP contribution < -0.4 is 4.74 Å². The van der Waals surface area contributed by atoms with Gasteiger partial charge >= 0.3 is 0 Å². The molecule has 1 aliphatic rings. The number of nitrogens with zero attached hydrogens (tertiary/aromatic N) is 1. The van der Waals surface area contributed by atoms with E-state index in [4.69, 9.17) is 4.74 Å². The van der Waals surface area contributed by atoms with Gasteiger partial charge in [-0.2, -0.15) is 0 Å². The number of rotatable bonds is 6. The molecule has 4 rings (SSSR count). The van der Waals surface area contributed by atoms with E-state index >= 15 is 0 Å². The third-order valence-corrected chi connectivity index (χ3v) is 7.45. The molecule has 1 saturated heterocycles. The van der Waals surface area contributed by atoms with Crippen LogP contribution in [0.4, 0.5) is 9.18 Å². The molecule has 8 heteroatoms. The van der Waals surface area contributed by atoms with E-state index in [0.717, 1.165) is 40.7 Å². The molecule has 3 aromatic rings. The zero-order chi connectivity index (χ0) is 23.5. The van der Waals surface area contributed by atoms with Gasteiger partial charge in [-0.15, -0.1) is 0 Å². The van der Waals surface area contributed by atoms with Crippen molar-refractivity contribution < 1.29 is 18.7 Å². The summed E-state index contributed by atoms with van der Waals surface area (Å²) >= 11 is 5.29. The maximum Gasteiger partial charge on any atom is 0.293 e. The molecule has 0 unspecified atom stereocenters. The summed E-state index contributed by atoms with van der Waals surface area (Å²) in [4.78, 5) is 26.6.